The van der Waals surface area contributed by atoms with Gasteiger partial charge in [0.15, 0.2) is 0 Å². The van der Waals surface area contributed by atoms with Gasteiger partial charge in [-0.2, -0.15) is 5.10 Å². The summed E-state index contributed by atoms with van der Waals surface area (Å²) in [5, 5.41) is 11.2. The number of carbonyl (C=O) groups is 1. The molecule has 7 nitrogen and oxygen atoms in total. The molecule has 30 heavy (non-hydrogen) atoms. The number of aromatic nitrogens is 4. The van der Waals surface area contributed by atoms with Gasteiger partial charge in [-0.15, -0.1) is 11.6 Å². The zero-order valence-corrected chi connectivity index (χ0v) is 18.6. The van der Waals surface area contributed by atoms with Crippen LogP contribution in [0.3, 0.4) is 0 Å². The summed E-state index contributed by atoms with van der Waals surface area (Å²) in [4.78, 5) is 21.8. The summed E-state index contributed by atoms with van der Waals surface area (Å²) in [6.07, 6.45) is 7.34. The molecular weight excluding hydrogens is 400 g/mol. The zero-order valence-electron chi connectivity index (χ0n) is 17.9. The molecule has 2 aromatic heterocycles. The van der Waals surface area contributed by atoms with E-state index in [2.05, 4.69) is 34.6 Å². The zero-order chi connectivity index (χ0) is 21.3. The molecule has 3 heterocycles. The molecule has 0 spiro atoms. The molecule has 0 bridgehead atoms. The highest BCUT2D eigenvalue weighted by Gasteiger charge is 2.41. The van der Waals surface area contributed by atoms with Crippen LogP contribution in [0.4, 0.5) is 5.95 Å². The number of halogens is 1. The van der Waals surface area contributed by atoms with E-state index in [-0.39, 0.29) is 29.3 Å². The maximum absolute atomic E-state index is 12.7. The minimum atomic E-state index is -0.119. The molecule has 4 unspecified atom stereocenters. The number of nitrogens with zero attached hydrogens (tertiary/aromatic N) is 4. The highest BCUT2D eigenvalue weighted by Crippen LogP contribution is 2.36. The highest BCUT2D eigenvalue weighted by molar-refractivity contribution is 6.20. The van der Waals surface area contributed by atoms with Crippen LogP contribution in [-0.4, -0.2) is 43.1 Å². The van der Waals surface area contributed by atoms with Gasteiger partial charge >= 0.3 is 0 Å². The van der Waals surface area contributed by atoms with Gasteiger partial charge in [0.25, 0.3) is 0 Å². The van der Waals surface area contributed by atoms with Crippen molar-refractivity contribution in [1.29, 1.82) is 0 Å². The van der Waals surface area contributed by atoms with Crippen molar-refractivity contribution in [2.75, 3.05) is 5.32 Å². The number of hydrogen-bond acceptors (Lipinski definition) is 5. The van der Waals surface area contributed by atoms with Crippen molar-refractivity contribution in [2.24, 2.45) is 17.8 Å². The summed E-state index contributed by atoms with van der Waals surface area (Å²) >= 11 is 6.38. The summed E-state index contributed by atoms with van der Waals surface area (Å²) < 4.78 is 1.97. The number of carbonyl (C=O) groups excluding carboxylic acids is 1. The topological polar surface area (TPSA) is 84.7 Å². The van der Waals surface area contributed by atoms with Crippen LogP contribution in [0.15, 0.2) is 24.5 Å². The average Bonchev–Trinajstić information content (AvgIpc) is 3.15. The quantitative estimate of drug-likeness (QED) is 0.682. The third-order valence-electron chi connectivity index (χ3n) is 6.27. The lowest BCUT2D eigenvalue weighted by Gasteiger charge is -2.42. The van der Waals surface area contributed by atoms with Gasteiger partial charge in [-0.05, 0) is 56.6 Å². The monoisotopic (exact) mass is 430 g/mol. The van der Waals surface area contributed by atoms with Crippen LogP contribution >= 0.6 is 11.6 Å². The Bertz CT molecular complexity index is 884. The van der Waals surface area contributed by atoms with Crippen LogP contribution in [0.25, 0.3) is 11.4 Å². The first kappa shape index (κ1) is 21.1. The third kappa shape index (κ3) is 4.61. The first-order valence-electron chi connectivity index (χ1n) is 11.0. The lowest BCUT2D eigenvalue weighted by Crippen LogP contribution is -2.55. The number of rotatable bonds is 6. The number of amides is 1. The Morgan fingerprint density at radius 1 is 1.23 bits per heavy atom. The number of hydrogen-bond donors (Lipinski definition) is 2. The van der Waals surface area contributed by atoms with Gasteiger partial charge in [0, 0.05) is 36.4 Å². The molecule has 0 aromatic carbocycles. The van der Waals surface area contributed by atoms with Crippen LogP contribution < -0.4 is 10.6 Å². The third-order valence-corrected chi connectivity index (χ3v) is 6.67. The maximum atomic E-state index is 12.7. The van der Waals surface area contributed by atoms with E-state index in [1.165, 1.54) is 0 Å². The van der Waals surface area contributed by atoms with E-state index >= 15 is 0 Å². The molecular formula is C22H31ClN6O. The van der Waals surface area contributed by atoms with Crippen LogP contribution in [0.5, 0.6) is 0 Å². The largest absolute Gasteiger partial charge is 0.353 e. The van der Waals surface area contributed by atoms with Crippen molar-refractivity contribution in [3.63, 3.8) is 0 Å². The van der Waals surface area contributed by atoms with Crippen molar-refractivity contribution in [3.05, 3.63) is 24.5 Å². The lowest BCUT2D eigenvalue weighted by atomic mass is 9.74. The Hall–Kier alpha value is -2.15. The molecule has 8 heteroatoms. The van der Waals surface area contributed by atoms with Crippen molar-refractivity contribution in [3.8, 4) is 11.4 Å². The van der Waals surface area contributed by atoms with Gasteiger partial charge in [-0.1, -0.05) is 13.8 Å². The Morgan fingerprint density at radius 3 is 2.87 bits per heavy atom. The number of alkyl halides is 1. The van der Waals surface area contributed by atoms with Gasteiger partial charge in [-0.25, -0.2) is 9.97 Å². The summed E-state index contributed by atoms with van der Waals surface area (Å²) in [7, 11) is 0. The van der Waals surface area contributed by atoms with E-state index in [0.29, 0.717) is 17.8 Å². The average molecular weight is 431 g/mol. The smallest absolute Gasteiger partial charge is 0.225 e. The molecule has 2 aromatic rings. The van der Waals surface area contributed by atoms with Gasteiger partial charge in [0.05, 0.1) is 17.3 Å². The first-order chi connectivity index (χ1) is 14.4. The Balaban J connectivity index is 1.46. The fourth-order valence-electron chi connectivity index (χ4n) is 4.73. The predicted octanol–water partition coefficient (Wildman–Crippen LogP) is 3.71. The summed E-state index contributed by atoms with van der Waals surface area (Å²) in [5.41, 5.74) is 1.79. The number of anilines is 1. The second-order valence-electron chi connectivity index (χ2n) is 9.12. The minimum absolute atomic E-state index is 0.0718. The fraction of sp³-hybridized carbons (Fsp3) is 0.636. The van der Waals surface area contributed by atoms with E-state index < -0.39 is 0 Å². The van der Waals surface area contributed by atoms with Crippen molar-refractivity contribution >= 4 is 23.5 Å². The molecule has 4 rings (SSSR count). The lowest BCUT2D eigenvalue weighted by molar-refractivity contribution is -0.130. The molecule has 1 aliphatic carbocycles. The SMILES string of the molecule is CC(C)Cn1nccc1-c1ccnc(N[C@@H](C)C2CC3CC(Cl)CCC3NC2=O)n1. The molecule has 2 fully saturated rings. The summed E-state index contributed by atoms with van der Waals surface area (Å²) in [5.74, 6) is 1.48. The van der Waals surface area contributed by atoms with Crippen LogP contribution in [0, 0.1) is 17.8 Å². The Labute approximate surface area is 183 Å². The summed E-state index contributed by atoms with van der Waals surface area (Å²) in [6.45, 7) is 7.19. The van der Waals surface area contributed by atoms with Crippen molar-refractivity contribution in [1.82, 2.24) is 25.1 Å². The molecule has 5 atom stereocenters. The van der Waals surface area contributed by atoms with Crippen LogP contribution in [-0.2, 0) is 11.3 Å². The molecule has 1 saturated heterocycles. The standard InChI is InChI=1S/C22H31ClN6O/c1-13(2)12-29-20(7-9-25-29)19-6-8-24-22(28-19)26-14(3)17-11-15-10-16(23)4-5-18(15)27-21(17)30/h6-9,13-18H,4-5,10-12H2,1-3H3,(H,27,30)(H,24,26,28)/t14-,15?,16?,17?,18?/m0/s1. The molecule has 2 aliphatic rings. The maximum Gasteiger partial charge on any atom is 0.225 e. The molecule has 1 saturated carbocycles. The minimum Gasteiger partial charge on any atom is -0.353 e. The molecule has 0 radical (unpaired) electrons. The highest BCUT2D eigenvalue weighted by atomic mass is 35.5. The second-order valence-corrected chi connectivity index (χ2v) is 9.74. The van der Waals surface area contributed by atoms with E-state index in [1.807, 2.05) is 23.7 Å². The fourth-order valence-corrected chi connectivity index (χ4v) is 5.08. The van der Waals surface area contributed by atoms with Gasteiger partial charge < -0.3 is 10.6 Å². The predicted molar refractivity (Wildman–Crippen MR) is 118 cm³/mol. The van der Waals surface area contributed by atoms with Gasteiger partial charge in [-0.3, -0.25) is 9.48 Å². The molecule has 162 valence electrons. The van der Waals surface area contributed by atoms with E-state index in [0.717, 1.165) is 43.6 Å². The Morgan fingerprint density at radius 2 is 2.07 bits per heavy atom. The van der Waals surface area contributed by atoms with E-state index in [4.69, 9.17) is 16.6 Å². The van der Waals surface area contributed by atoms with E-state index in [1.54, 1.807) is 12.4 Å². The van der Waals surface area contributed by atoms with Crippen molar-refractivity contribution < 1.29 is 4.79 Å². The Kier molecular flexibility index (Phi) is 6.27. The van der Waals surface area contributed by atoms with E-state index in [9.17, 15) is 4.79 Å². The van der Waals surface area contributed by atoms with Crippen LogP contribution in [0.2, 0.25) is 0 Å². The van der Waals surface area contributed by atoms with Gasteiger partial charge in [0.2, 0.25) is 11.9 Å². The number of nitrogens with one attached hydrogen (secondary N) is 2. The summed E-state index contributed by atoms with van der Waals surface area (Å²) in [6, 6.07) is 4.07. The van der Waals surface area contributed by atoms with Crippen molar-refractivity contribution in [2.45, 2.75) is 70.5 Å². The molecule has 1 amide bonds. The second kappa shape index (κ2) is 8.92. The first-order valence-corrected chi connectivity index (χ1v) is 11.4. The van der Waals surface area contributed by atoms with Gasteiger partial charge in [0.1, 0.15) is 0 Å². The number of piperidine rings is 1. The number of fused-ring (bicyclic) bond motifs is 1. The normalized spacial score (nSPS) is 27.4. The molecule has 2 N–H and O–H groups in total. The molecule has 1 aliphatic heterocycles. The van der Waals surface area contributed by atoms with Crippen LogP contribution in [0.1, 0.15) is 46.5 Å².